The molecule has 2 aromatic rings. The Kier molecular flexibility index (Phi) is 6.10. The van der Waals surface area contributed by atoms with E-state index < -0.39 is 0 Å². The van der Waals surface area contributed by atoms with Crippen molar-refractivity contribution in [1.29, 1.82) is 0 Å². The first-order valence-electron chi connectivity index (χ1n) is 7.50. The Hall–Kier alpha value is -1.71. The highest BCUT2D eigenvalue weighted by molar-refractivity contribution is 6.32. The molecule has 0 aromatic heterocycles. The smallest absolute Gasteiger partial charge is 0.179 e. The molecule has 22 heavy (non-hydrogen) atoms. The molecular weight excluding hydrogens is 298 g/mol. The van der Waals surface area contributed by atoms with Crippen molar-refractivity contribution >= 4 is 11.6 Å². The molecule has 0 aliphatic heterocycles. The molecular formula is C18H23ClNO2+. The van der Waals surface area contributed by atoms with Gasteiger partial charge in [-0.1, -0.05) is 41.4 Å². The summed E-state index contributed by atoms with van der Waals surface area (Å²) in [5, 5.41) is 2.84. The predicted octanol–water partition coefficient (Wildman–Crippen LogP) is 3.32. The lowest BCUT2D eigenvalue weighted by Crippen LogP contribution is -2.80. The van der Waals surface area contributed by atoms with Crippen LogP contribution in [0.25, 0.3) is 0 Å². The van der Waals surface area contributed by atoms with Gasteiger partial charge in [0.15, 0.2) is 11.5 Å². The minimum Gasteiger partial charge on any atom is -0.493 e. The third-order valence-electron chi connectivity index (χ3n) is 3.46. The highest BCUT2D eigenvalue weighted by Crippen LogP contribution is 2.36. The van der Waals surface area contributed by atoms with E-state index in [0.717, 1.165) is 18.7 Å². The first-order valence-corrected chi connectivity index (χ1v) is 7.88. The van der Waals surface area contributed by atoms with Crippen molar-refractivity contribution in [3.05, 3.63) is 58.1 Å². The Balaban J connectivity index is 2.00. The van der Waals surface area contributed by atoms with E-state index in [9.17, 15) is 0 Å². The van der Waals surface area contributed by atoms with Gasteiger partial charge >= 0.3 is 0 Å². The topological polar surface area (TPSA) is 35.1 Å². The van der Waals surface area contributed by atoms with Gasteiger partial charge in [-0.3, -0.25) is 0 Å². The summed E-state index contributed by atoms with van der Waals surface area (Å²) in [5.41, 5.74) is 3.72. The first kappa shape index (κ1) is 16.7. The van der Waals surface area contributed by atoms with Crippen molar-refractivity contribution in [3.63, 3.8) is 0 Å². The van der Waals surface area contributed by atoms with Crippen LogP contribution in [-0.2, 0) is 13.1 Å². The molecule has 0 spiro atoms. The van der Waals surface area contributed by atoms with E-state index in [1.165, 1.54) is 11.1 Å². The summed E-state index contributed by atoms with van der Waals surface area (Å²) in [4.78, 5) is 0. The van der Waals surface area contributed by atoms with Crippen LogP contribution in [0.3, 0.4) is 0 Å². The Morgan fingerprint density at radius 1 is 1.05 bits per heavy atom. The molecule has 2 rings (SSSR count). The molecule has 0 bridgehead atoms. The van der Waals surface area contributed by atoms with Gasteiger partial charge in [0.2, 0.25) is 0 Å². The van der Waals surface area contributed by atoms with E-state index in [2.05, 4.69) is 36.5 Å². The monoisotopic (exact) mass is 320 g/mol. The van der Waals surface area contributed by atoms with Crippen LogP contribution in [0.5, 0.6) is 11.5 Å². The van der Waals surface area contributed by atoms with E-state index in [1.54, 1.807) is 7.11 Å². The van der Waals surface area contributed by atoms with Crippen LogP contribution in [0, 0.1) is 6.92 Å². The summed E-state index contributed by atoms with van der Waals surface area (Å²) in [5.74, 6) is 1.31. The Morgan fingerprint density at radius 3 is 2.36 bits per heavy atom. The Morgan fingerprint density at radius 2 is 1.73 bits per heavy atom. The fourth-order valence-electron chi connectivity index (χ4n) is 2.31. The molecule has 0 aliphatic carbocycles. The average Bonchev–Trinajstić information content (AvgIpc) is 2.51. The van der Waals surface area contributed by atoms with E-state index in [4.69, 9.17) is 21.1 Å². The molecule has 118 valence electrons. The largest absolute Gasteiger partial charge is 0.493 e. The summed E-state index contributed by atoms with van der Waals surface area (Å²) < 4.78 is 10.9. The van der Waals surface area contributed by atoms with Crippen LogP contribution in [0.1, 0.15) is 23.6 Å². The molecule has 0 amide bonds. The molecule has 3 nitrogen and oxygen atoms in total. The van der Waals surface area contributed by atoms with Crippen molar-refractivity contribution in [2.24, 2.45) is 0 Å². The summed E-state index contributed by atoms with van der Waals surface area (Å²) in [6, 6.07) is 12.5. The molecule has 0 saturated carbocycles. The van der Waals surface area contributed by atoms with Crippen LogP contribution in [0.2, 0.25) is 5.02 Å². The lowest BCUT2D eigenvalue weighted by molar-refractivity contribution is -0.686. The van der Waals surface area contributed by atoms with Gasteiger partial charge in [0, 0.05) is 11.1 Å². The van der Waals surface area contributed by atoms with E-state index in [-0.39, 0.29) is 0 Å². The van der Waals surface area contributed by atoms with E-state index in [1.807, 2.05) is 19.1 Å². The number of quaternary nitrogens is 1. The van der Waals surface area contributed by atoms with Crippen LogP contribution in [0.4, 0.5) is 0 Å². The Labute approximate surface area is 137 Å². The zero-order valence-corrected chi connectivity index (χ0v) is 14.1. The van der Waals surface area contributed by atoms with Crippen molar-refractivity contribution < 1.29 is 14.8 Å². The van der Waals surface area contributed by atoms with Gasteiger partial charge < -0.3 is 14.8 Å². The lowest BCUT2D eigenvalue weighted by atomic mass is 10.1. The third-order valence-corrected chi connectivity index (χ3v) is 3.74. The standard InChI is InChI=1S/C18H22ClNO2/c1-4-22-18-16(19)9-15(10-17(18)21-3)12-20-11-14-7-5-13(2)6-8-14/h5-10,20H,4,11-12H2,1-3H3/p+1. The maximum Gasteiger partial charge on any atom is 0.179 e. The van der Waals surface area contributed by atoms with Crippen molar-refractivity contribution in [2.75, 3.05) is 13.7 Å². The van der Waals surface area contributed by atoms with Crippen molar-refractivity contribution in [1.82, 2.24) is 0 Å². The fraction of sp³-hybridized carbons (Fsp3) is 0.333. The number of nitrogens with two attached hydrogens (primary N) is 1. The number of halogens is 1. The molecule has 0 saturated heterocycles. The SMILES string of the molecule is CCOc1c(Cl)cc(C[NH2+]Cc2ccc(C)cc2)cc1OC. The minimum atomic E-state index is 0.564. The molecule has 2 N–H and O–H groups in total. The lowest BCUT2D eigenvalue weighted by Gasteiger charge is -2.12. The van der Waals surface area contributed by atoms with Gasteiger partial charge in [0.05, 0.1) is 18.7 Å². The van der Waals surface area contributed by atoms with Gasteiger partial charge in [-0.25, -0.2) is 0 Å². The maximum atomic E-state index is 6.29. The fourth-order valence-corrected chi connectivity index (χ4v) is 2.59. The molecule has 0 atom stereocenters. The summed E-state index contributed by atoms with van der Waals surface area (Å²) >= 11 is 6.29. The quantitative estimate of drug-likeness (QED) is 0.849. The molecule has 4 heteroatoms. The number of rotatable bonds is 7. The minimum absolute atomic E-state index is 0.564. The molecule has 0 fully saturated rings. The number of benzene rings is 2. The van der Waals surface area contributed by atoms with Gasteiger partial charge in [-0.05, 0) is 26.0 Å². The highest BCUT2D eigenvalue weighted by atomic mass is 35.5. The second-order valence-electron chi connectivity index (χ2n) is 5.22. The normalized spacial score (nSPS) is 10.5. The van der Waals surface area contributed by atoms with Crippen LogP contribution in [0.15, 0.2) is 36.4 Å². The van der Waals surface area contributed by atoms with Crippen LogP contribution < -0.4 is 14.8 Å². The molecule has 0 heterocycles. The van der Waals surface area contributed by atoms with Gasteiger partial charge in [0.1, 0.15) is 13.1 Å². The van der Waals surface area contributed by atoms with Crippen molar-refractivity contribution in [2.45, 2.75) is 26.9 Å². The second kappa shape index (κ2) is 8.06. The number of hydrogen-bond acceptors (Lipinski definition) is 2. The number of hydrogen-bond donors (Lipinski definition) is 1. The highest BCUT2D eigenvalue weighted by Gasteiger charge is 2.12. The average molecular weight is 321 g/mol. The molecule has 0 aliphatic rings. The first-order chi connectivity index (χ1) is 10.6. The summed E-state index contributed by atoms with van der Waals surface area (Å²) in [7, 11) is 1.63. The van der Waals surface area contributed by atoms with Gasteiger partial charge in [-0.15, -0.1) is 0 Å². The summed E-state index contributed by atoms with van der Waals surface area (Å²) in [6.45, 7) is 6.37. The zero-order valence-electron chi connectivity index (χ0n) is 13.4. The number of methoxy groups -OCH3 is 1. The van der Waals surface area contributed by atoms with E-state index in [0.29, 0.717) is 23.1 Å². The van der Waals surface area contributed by atoms with Gasteiger partial charge in [0.25, 0.3) is 0 Å². The van der Waals surface area contributed by atoms with Crippen LogP contribution in [-0.4, -0.2) is 13.7 Å². The predicted molar refractivity (Wildman–Crippen MR) is 89.7 cm³/mol. The second-order valence-corrected chi connectivity index (χ2v) is 5.63. The van der Waals surface area contributed by atoms with Crippen LogP contribution >= 0.6 is 11.6 Å². The third kappa shape index (κ3) is 4.39. The molecule has 2 aromatic carbocycles. The number of ether oxygens (including phenoxy) is 2. The molecule has 0 radical (unpaired) electrons. The summed E-state index contributed by atoms with van der Waals surface area (Å²) in [6.07, 6.45) is 0. The number of aryl methyl sites for hydroxylation is 1. The van der Waals surface area contributed by atoms with E-state index >= 15 is 0 Å². The van der Waals surface area contributed by atoms with Crippen molar-refractivity contribution in [3.8, 4) is 11.5 Å². The maximum absolute atomic E-state index is 6.29. The van der Waals surface area contributed by atoms with Gasteiger partial charge in [-0.2, -0.15) is 0 Å². The molecule has 0 unspecified atom stereocenters. The zero-order chi connectivity index (χ0) is 15.9. The Bertz CT molecular complexity index is 611.